The molecule has 0 bridgehead atoms. The first-order valence-corrected chi connectivity index (χ1v) is 5.88. The van der Waals surface area contributed by atoms with E-state index in [9.17, 15) is 4.79 Å². The molecule has 1 rings (SSSR count). The van der Waals surface area contributed by atoms with E-state index in [1.165, 1.54) is 12.3 Å². The van der Waals surface area contributed by atoms with Gasteiger partial charge in [-0.05, 0) is 24.3 Å². The Kier molecular flexibility index (Phi) is 4.71. The Morgan fingerprint density at radius 1 is 1.73 bits per heavy atom. The zero-order valence-corrected chi connectivity index (χ0v) is 9.42. The zero-order chi connectivity index (χ0) is 11.3. The summed E-state index contributed by atoms with van der Waals surface area (Å²) in [6.07, 6.45) is 1.41. The van der Waals surface area contributed by atoms with Crippen molar-refractivity contribution in [2.24, 2.45) is 11.7 Å². The van der Waals surface area contributed by atoms with Crippen LogP contribution >= 0.6 is 11.8 Å². The monoisotopic (exact) mass is 229 g/mol. The molecule has 1 heterocycles. The van der Waals surface area contributed by atoms with Gasteiger partial charge in [-0.15, -0.1) is 0 Å². The van der Waals surface area contributed by atoms with Gasteiger partial charge in [-0.3, -0.25) is 0 Å². The smallest absolute Gasteiger partial charge is 0.339 e. The fraction of sp³-hybridized carbons (Fsp3) is 0.500. The Bertz CT molecular complexity index is 324. The standard InChI is InChI=1S/C10H15NO3S/c1-7(4-11)5-15-6-9-8(10(12)13)2-3-14-9/h2-3,7H,4-6,11H2,1H3,(H,12,13). The second-order valence-electron chi connectivity index (χ2n) is 3.42. The van der Waals surface area contributed by atoms with E-state index >= 15 is 0 Å². The van der Waals surface area contributed by atoms with Gasteiger partial charge < -0.3 is 15.3 Å². The topological polar surface area (TPSA) is 76.5 Å². The van der Waals surface area contributed by atoms with Crippen molar-refractivity contribution in [3.8, 4) is 0 Å². The van der Waals surface area contributed by atoms with Crippen LogP contribution < -0.4 is 5.73 Å². The molecule has 0 radical (unpaired) electrons. The predicted octanol–water partition coefficient (Wildman–Crippen LogP) is 1.81. The summed E-state index contributed by atoms with van der Waals surface area (Å²) in [5.74, 6) is 1.52. The molecular weight excluding hydrogens is 214 g/mol. The largest absolute Gasteiger partial charge is 0.478 e. The Labute approximate surface area is 92.8 Å². The number of carboxylic acids is 1. The van der Waals surface area contributed by atoms with Gasteiger partial charge in [-0.25, -0.2) is 4.79 Å². The van der Waals surface area contributed by atoms with Gasteiger partial charge in [-0.2, -0.15) is 11.8 Å². The van der Waals surface area contributed by atoms with E-state index < -0.39 is 5.97 Å². The van der Waals surface area contributed by atoms with Crippen LogP contribution in [0.25, 0.3) is 0 Å². The maximum absolute atomic E-state index is 10.7. The molecule has 0 saturated carbocycles. The van der Waals surface area contributed by atoms with Gasteiger partial charge in [0.25, 0.3) is 0 Å². The minimum Gasteiger partial charge on any atom is -0.478 e. The number of hydrogen-bond acceptors (Lipinski definition) is 4. The van der Waals surface area contributed by atoms with Crippen molar-refractivity contribution in [1.29, 1.82) is 0 Å². The minimum atomic E-state index is -0.939. The fourth-order valence-corrected chi connectivity index (χ4v) is 2.13. The zero-order valence-electron chi connectivity index (χ0n) is 8.60. The molecule has 0 spiro atoms. The molecule has 4 nitrogen and oxygen atoms in total. The quantitative estimate of drug-likeness (QED) is 0.778. The van der Waals surface area contributed by atoms with Crippen LogP contribution in [-0.4, -0.2) is 23.4 Å². The lowest BCUT2D eigenvalue weighted by atomic mass is 10.2. The van der Waals surface area contributed by atoms with E-state index in [1.807, 2.05) is 0 Å². The van der Waals surface area contributed by atoms with Gasteiger partial charge >= 0.3 is 5.97 Å². The predicted molar refractivity (Wildman–Crippen MR) is 60.0 cm³/mol. The lowest BCUT2D eigenvalue weighted by molar-refractivity contribution is 0.0695. The molecule has 1 atom stereocenters. The third-order valence-electron chi connectivity index (χ3n) is 2.01. The van der Waals surface area contributed by atoms with Gasteiger partial charge in [-0.1, -0.05) is 6.92 Å². The van der Waals surface area contributed by atoms with Crippen molar-refractivity contribution in [2.75, 3.05) is 12.3 Å². The van der Waals surface area contributed by atoms with Gasteiger partial charge in [0.05, 0.1) is 12.0 Å². The van der Waals surface area contributed by atoms with Crippen LogP contribution in [0.15, 0.2) is 16.7 Å². The van der Waals surface area contributed by atoms with Crippen molar-refractivity contribution in [2.45, 2.75) is 12.7 Å². The van der Waals surface area contributed by atoms with E-state index in [2.05, 4.69) is 6.92 Å². The number of thioether (sulfide) groups is 1. The van der Waals surface area contributed by atoms with Crippen LogP contribution in [0.2, 0.25) is 0 Å². The molecule has 0 aliphatic rings. The van der Waals surface area contributed by atoms with Crippen LogP contribution in [0.4, 0.5) is 0 Å². The molecule has 84 valence electrons. The second kappa shape index (κ2) is 5.82. The summed E-state index contributed by atoms with van der Waals surface area (Å²) in [6.45, 7) is 2.71. The highest BCUT2D eigenvalue weighted by Crippen LogP contribution is 2.19. The number of aromatic carboxylic acids is 1. The van der Waals surface area contributed by atoms with E-state index in [0.717, 1.165) is 5.75 Å². The first kappa shape index (κ1) is 12.1. The summed E-state index contributed by atoms with van der Waals surface area (Å²) in [5.41, 5.74) is 5.73. The molecular formula is C10H15NO3S. The number of rotatable bonds is 6. The molecule has 0 amide bonds. The number of carboxylic acid groups (broad SMARTS) is 1. The first-order chi connectivity index (χ1) is 7.15. The molecule has 0 aliphatic heterocycles. The Hall–Kier alpha value is -0.940. The number of hydrogen-bond donors (Lipinski definition) is 2. The van der Waals surface area contributed by atoms with Crippen molar-refractivity contribution in [1.82, 2.24) is 0 Å². The fourth-order valence-electron chi connectivity index (χ4n) is 1.06. The van der Waals surface area contributed by atoms with Gasteiger partial charge in [0, 0.05) is 0 Å². The SMILES string of the molecule is CC(CN)CSCc1occc1C(=O)O. The number of carbonyl (C=O) groups is 1. The highest BCUT2D eigenvalue weighted by Gasteiger charge is 2.13. The van der Waals surface area contributed by atoms with E-state index in [0.29, 0.717) is 24.0 Å². The maximum atomic E-state index is 10.7. The highest BCUT2D eigenvalue weighted by atomic mass is 32.2. The van der Waals surface area contributed by atoms with Crippen LogP contribution in [0.5, 0.6) is 0 Å². The number of furan rings is 1. The van der Waals surface area contributed by atoms with E-state index in [1.54, 1.807) is 11.8 Å². The highest BCUT2D eigenvalue weighted by molar-refractivity contribution is 7.98. The summed E-state index contributed by atoms with van der Waals surface area (Å²) < 4.78 is 5.11. The molecule has 0 aliphatic carbocycles. The lowest BCUT2D eigenvalue weighted by Crippen LogP contribution is -2.12. The average Bonchev–Trinajstić information content (AvgIpc) is 2.65. The molecule has 0 saturated heterocycles. The molecule has 1 aromatic rings. The van der Waals surface area contributed by atoms with Gasteiger partial charge in [0.15, 0.2) is 0 Å². The van der Waals surface area contributed by atoms with Crippen molar-refractivity contribution in [3.05, 3.63) is 23.7 Å². The third-order valence-corrected chi connectivity index (χ3v) is 3.28. The third kappa shape index (κ3) is 3.60. The van der Waals surface area contributed by atoms with Crippen LogP contribution in [0, 0.1) is 5.92 Å². The van der Waals surface area contributed by atoms with Gasteiger partial charge in [0.2, 0.25) is 0 Å². The summed E-state index contributed by atoms with van der Waals surface area (Å²) in [5, 5.41) is 8.82. The normalized spacial score (nSPS) is 12.7. The van der Waals surface area contributed by atoms with E-state index in [-0.39, 0.29) is 5.56 Å². The van der Waals surface area contributed by atoms with Crippen molar-refractivity contribution in [3.63, 3.8) is 0 Å². The summed E-state index contributed by atoms with van der Waals surface area (Å²) in [7, 11) is 0. The number of nitrogens with two attached hydrogens (primary N) is 1. The molecule has 0 aromatic carbocycles. The molecule has 15 heavy (non-hydrogen) atoms. The van der Waals surface area contributed by atoms with Crippen molar-refractivity contribution >= 4 is 17.7 Å². The van der Waals surface area contributed by atoms with Gasteiger partial charge in [0.1, 0.15) is 11.3 Å². The second-order valence-corrected chi connectivity index (χ2v) is 4.45. The average molecular weight is 229 g/mol. The molecule has 5 heteroatoms. The van der Waals surface area contributed by atoms with Crippen LogP contribution in [0.3, 0.4) is 0 Å². The Morgan fingerprint density at radius 2 is 2.47 bits per heavy atom. The lowest BCUT2D eigenvalue weighted by Gasteiger charge is -2.06. The Morgan fingerprint density at radius 3 is 3.07 bits per heavy atom. The first-order valence-electron chi connectivity index (χ1n) is 4.72. The van der Waals surface area contributed by atoms with Crippen molar-refractivity contribution < 1.29 is 14.3 Å². The minimum absolute atomic E-state index is 0.253. The summed E-state index contributed by atoms with van der Waals surface area (Å²) in [4.78, 5) is 10.7. The molecule has 3 N–H and O–H groups in total. The molecule has 1 aromatic heterocycles. The summed E-state index contributed by atoms with van der Waals surface area (Å²) in [6, 6.07) is 1.48. The Balaban J connectivity index is 2.44. The van der Waals surface area contributed by atoms with Crippen LogP contribution in [-0.2, 0) is 5.75 Å². The van der Waals surface area contributed by atoms with Crippen LogP contribution in [0.1, 0.15) is 23.0 Å². The summed E-state index contributed by atoms with van der Waals surface area (Å²) >= 11 is 1.64. The molecule has 1 unspecified atom stereocenters. The molecule has 0 fully saturated rings. The van der Waals surface area contributed by atoms with E-state index in [4.69, 9.17) is 15.3 Å². The maximum Gasteiger partial charge on any atom is 0.339 e.